The molecule has 0 saturated heterocycles. The normalized spacial score (nSPS) is 13.9. The Kier molecular flexibility index (Phi) is 5.99. The van der Waals surface area contributed by atoms with Gasteiger partial charge >= 0.3 is 0 Å². The Morgan fingerprint density at radius 2 is 1.64 bits per heavy atom. The highest BCUT2D eigenvalue weighted by atomic mass is 16.5. The molecule has 0 aliphatic rings. The minimum atomic E-state index is -0.467. The molecular weight excluding hydrogens is 274 g/mol. The molecule has 1 N–H and O–H groups in total. The first kappa shape index (κ1) is 16.5. The molecule has 2 atom stereocenters. The van der Waals surface area contributed by atoms with E-state index in [4.69, 9.17) is 4.74 Å². The Labute approximate surface area is 133 Å². The van der Waals surface area contributed by atoms with E-state index < -0.39 is 6.10 Å². The molecule has 0 radical (unpaired) electrons. The van der Waals surface area contributed by atoms with Crippen molar-refractivity contribution in [2.24, 2.45) is 5.92 Å². The van der Waals surface area contributed by atoms with Crippen molar-refractivity contribution in [1.82, 2.24) is 4.90 Å². The van der Waals surface area contributed by atoms with Gasteiger partial charge in [-0.2, -0.15) is 0 Å². The first-order chi connectivity index (χ1) is 10.6. The van der Waals surface area contributed by atoms with Gasteiger partial charge in [-0.3, -0.25) is 0 Å². The third-order valence-electron chi connectivity index (χ3n) is 3.84. The number of hydrogen-bond donors (Lipinski definition) is 1. The average molecular weight is 299 g/mol. The van der Waals surface area contributed by atoms with Gasteiger partial charge in [0.05, 0.1) is 13.2 Å². The molecule has 0 heterocycles. The summed E-state index contributed by atoms with van der Waals surface area (Å²) >= 11 is 0. The van der Waals surface area contributed by atoms with Gasteiger partial charge in [-0.1, -0.05) is 42.5 Å². The fourth-order valence-corrected chi connectivity index (χ4v) is 2.73. The molecule has 0 fully saturated rings. The number of aliphatic hydroxyl groups excluding tert-OH is 1. The zero-order valence-electron chi connectivity index (χ0n) is 13.6. The lowest BCUT2D eigenvalue weighted by Crippen LogP contribution is -2.28. The molecule has 2 rings (SSSR count). The second-order valence-electron chi connectivity index (χ2n) is 5.93. The van der Waals surface area contributed by atoms with Crippen LogP contribution in [0.3, 0.4) is 0 Å². The Hall–Kier alpha value is -1.84. The van der Waals surface area contributed by atoms with E-state index in [1.807, 2.05) is 56.6 Å². The highest BCUT2D eigenvalue weighted by Gasteiger charge is 2.22. The van der Waals surface area contributed by atoms with Gasteiger partial charge in [0.2, 0.25) is 0 Å². The van der Waals surface area contributed by atoms with Crippen LogP contribution >= 0.6 is 0 Å². The lowest BCUT2D eigenvalue weighted by molar-refractivity contribution is 0.0902. The maximum Gasteiger partial charge on any atom is 0.118 e. The molecule has 0 saturated carbocycles. The van der Waals surface area contributed by atoms with Gasteiger partial charge < -0.3 is 14.7 Å². The number of nitrogens with zero attached hydrogens (tertiary/aromatic N) is 1. The van der Waals surface area contributed by atoms with Crippen LogP contribution in [-0.4, -0.2) is 37.8 Å². The Morgan fingerprint density at radius 1 is 1.00 bits per heavy atom. The van der Waals surface area contributed by atoms with Crippen molar-refractivity contribution in [3.63, 3.8) is 0 Å². The van der Waals surface area contributed by atoms with Crippen molar-refractivity contribution < 1.29 is 9.84 Å². The molecule has 0 aromatic heterocycles. The Morgan fingerprint density at radius 3 is 2.18 bits per heavy atom. The highest BCUT2D eigenvalue weighted by molar-refractivity contribution is 5.28. The van der Waals surface area contributed by atoms with Gasteiger partial charge in [0, 0.05) is 12.5 Å². The van der Waals surface area contributed by atoms with E-state index in [0.29, 0.717) is 0 Å². The molecule has 2 aromatic carbocycles. The molecule has 2 aromatic rings. The maximum atomic E-state index is 10.7. The summed E-state index contributed by atoms with van der Waals surface area (Å²) in [6, 6.07) is 18.0. The van der Waals surface area contributed by atoms with Crippen molar-refractivity contribution in [3.8, 4) is 5.75 Å². The average Bonchev–Trinajstić information content (AvgIpc) is 2.54. The van der Waals surface area contributed by atoms with E-state index in [1.165, 1.54) is 5.56 Å². The van der Waals surface area contributed by atoms with Crippen molar-refractivity contribution in [2.45, 2.75) is 12.5 Å². The summed E-state index contributed by atoms with van der Waals surface area (Å²) in [5.74, 6) is 1.00. The molecule has 0 unspecified atom stereocenters. The molecule has 3 heteroatoms. The quantitative estimate of drug-likeness (QED) is 0.852. The first-order valence-electron chi connectivity index (χ1n) is 7.61. The summed E-state index contributed by atoms with van der Waals surface area (Å²) in [5.41, 5.74) is 2.19. The molecule has 0 aliphatic carbocycles. The lowest BCUT2D eigenvalue weighted by atomic mass is 9.89. The number of benzene rings is 2. The predicted octanol–water partition coefficient (Wildman–Crippen LogP) is 3.15. The second kappa shape index (κ2) is 7.97. The highest BCUT2D eigenvalue weighted by Crippen LogP contribution is 2.26. The SMILES string of the molecule is COc1ccc(C[C@@H](CN(C)C)[C@H](O)c2ccccc2)cc1. The van der Waals surface area contributed by atoms with Crippen LogP contribution in [0.15, 0.2) is 54.6 Å². The van der Waals surface area contributed by atoms with Crippen LogP contribution in [0, 0.1) is 5.92 Å². The van der Waals surface area contributed by atoms with Crippen molar-refractivity contribution in [3.05, 3.63) is 65.7 Å². The molecule has 0 aliphatic heterocycles. The lowest BCUT2D eigenvalue weighted by Gasteiger charge is -2.26. The summed E-state index contributed by atoms with van der Waals surface area (Å²) in [6.07, 6.45) is 0.365. The molecule has 0 bridgehead atoms. The molecule has 118 valence electrons. The summed E-state index contributed by atoms with van der Waals surface area (Å²) in [6.45, 7) is 0.835. The zero-order valence-corrected chi connectivity index (χ0v) is 13.6. The fourth-order valence-electron chi connectivity index (χ4n) is 2.73. The molecule has 0 spiro atoms. The molecule has 3 nitrogen and oxygen atoms in total. The number of rotatable bonds is 7. The molecule has 0 amide bonds. The van der Waals surface area contributed by atoms with Crippen LogP contribution in [-0.2, 0) is 6.42 Å². The third kappa shape index (κ3) is 4.58. The monoisotopic (exact) mass is 299 g/mol. The van der Waals surface area contributed by atoms with Crippen LogP contribution < -0.4 is 4.74 Å². The standard InChI is InChI=1S/C19H25NO2/c1-20(2)14-17(19(21)16-7-5-4-6-8-16)13-15-9-11-18(22-3)12-10-15/h4-12,17,19,21H,13-14H2,1-3H3/t17-,19+/m0/s1. The smallest absolute Gasteiger partial charge is 0.118 e. The minimum absolute atomic E-state index is 0.144. The third-order valence-corrected chi connectivity index (χ3v) is 3.84. The number of methoxy groups -OCH3 is 1. The van der Waals surface area contributed by atoms with Gasteiger partial charge in [-0.05, 0) is 43.8 Å². The van der Waals surface area contributed by atoms with Crippen LogP contribution in [0.5, 0.6) is 5.75 Å². The van der Waals surface area contributed by atoms with Gasteiger partial charge in [-0.25, -0.2) is 0 Å². The van der Waals surface area contributed by atoms with E-state index in [2.05, 4.69) is 17.0 Å². The minimum Gasteiger partial charge on any atom is -0.497 e. The predicted molar refractivity (Wildman–Crippen MR) is 90.1 cm³/mol. The van der Waals surface area contributed by atoms with Crippen molar-refractivity contribution in [2.75, 3.05) is 27.7 Å². The van der Waals surface area contributed by atoms with E-state index >= 15 is 0 Å². The van der Waals surface area contributed by atoms with E-state index in [1.54, 1.807) is 7.11 Å². The first-order valence-corrected chi connectivity index (χ1v) is 7.61. The molecule has 22 heavy (non-hydrogen) atoms. The van der Waals surface area contributed by atoms with Crippen molar-refractivity contribution in [1.29, 1.82) is 0 Å². The summed E-state index contributed by atoms with van der Waals surface area (Å²) in [7, 11) is 5.75. The van der Waals surface area contributed by atoms with Crippen molar-refractivity contribution >= 4 is 0 Å². The Bertz CT molecular complexity index is 551. The van der Waals surface area contributed by atoms with Gasteiger partial charge in [0.25, 0.3) is 0 Å². The van der Waals surface area contributed by atoms with E-state index in [0.717, 1.165) is 24.3 Å². The topological polar surface area (TPSA) is 32.7 Å². The fraction of sp³-hybridized carbons (Fsp3) is 0.368. The summed E-state index contributed by atoms with van der Waals surface area (Å²) in [5, 5.41) is 10.7. The van der Waals surface area contributed by atoms with E-state index in [-0.39, 0.29) is 5.92 Å². The molecular formula is C19H25NO2. The number of hydrogen-bond acceptors (Lipinski definition) is 3. The van der Waals surface area contributed by atoms with Crippen LogP contribution in [0.4, 0.5) is 0 Å². The summed E-state index contributed by atoms with van der Waals surface area (Å²) < 4.78 is 5.20. The maximum absolute atomic E-state index is 10.7. The van der Waals surface area contributed by atoms with Gasteiger partial charge in [0.1, 0.15) is 5.75 Å². The van der Waals surface area contributed by atoms with E-state index in [9.17, 15) is 5.11 Å². The van der Waals surface area contributed by atoms with Crippen LogP contribution in [0.2, 0.25) is 0 Å². The zero-order chi connectivity index (χ0) is 15.9. The second-order valence-corrected chi connectivity index (χ2v) is 5.93. The number of aliphatic hydroxyl groups is 1. The van der Waals surface area contributed by atoms with Gasteiger partial charge in [0.15, 0.2) is 0 Å². The largest absolute Gasteiger partial charge is 0.497 e. The van der Waals surface area contributed by atoms with Crippen LogP contribution in [0.25, 0.3) is 0 Å². The number of ether oxygens (including phenoxy) is 1. The van der Waals surface area contributed by atoms with Gasteiger partial charge in [-0.15, -0.1) is 0 Å². The van der Waals surface area contributed by atoms with Crippen LogP contribution in [0.1, 0.15) is 17.2 Å². The summed E-state index contributed by atoms with van der Waals surface area (Å²) in [4.78, 5) is 2.13. The Balaban J connectivity index is 2.14.